The van der Waals surface area contributed by atoms with E-state index < -0.39 is 11.9 Å². The molecule has 2 aromatic rings. The quantitative estimate of drug-likeness (QED) is 0.828. The maximum absolute atomic E-state index is 11.9. The molecule has 0 saturated heterocycles. The number of hydrogen-bond donors (Lipinski definition) is 2. The minimum Gasteiger partial charge on any atom is -0.477 e. The molecule has 4 nitrogen and oxygen atoms in total. The van der Waals surface area contributed by atoms with Crippen LogP contribution in [-0.4, -0.2) is 17.0 Å². The first kappa shape index (κ1) is 12.8. The highest BCUT2D eigenvalue weighted by molar-refractivity contribution is 6.02. The van der Waals surface area contributed by atoms with Gasteiger partial charge in [0.05, 0.1) is 0 Å². The van der Waals surface area contributed by atoms with Crippen molar-refractivity contribution < 1.29 is 14.7 Å². The van der Waals surface area contributed by atoms with E-state index in [2.05, 4.69) is 5.32 Å². The average Bonchev–Trinajstić information content (AvgIpc) is 2.43. The number of hydrogen-bond acceptors (Lipinski definition) is 2. The van der Waals surface area contributed by atoms with Gasteiger partial charge in [-0.3, -0.25) is 4.79 Å². The Morgan fingerprint density at radius 1 is 1.11 bits per heavy atom. The lowest BCUT2D eigenvalue weighted by Gasteiger charge is -2.06. The highest BCUT2D eigenvalue weighted by atomic mass is 16.4. The molecule has 2 aromatic carbocycles. The molecule has 0 fully saturated rings. The first-order valence-electron chi connectivity index (χ1n) is 5.81. The van der Waals surface area contributed by atoms with E-state index in [0.717, 1.165) is 10.8 Å². The van der Waals surface area contributed by atoms with Gasteiger partial charge in [-0.1, -0.05) is 36.4 Å². The monoisotopic (exact) mass is 255 g/mol. The summed E-state index contributed by atoms with van der Waals surface area (Å²) in [6.07, 6.45) is 1.35. The first-order valence-corrected chi connectivity index (χ1v) is 5.81. The van der Waals surface area contributed by atoms with Gasteiger partial charge in [0.1, 0.15) is 5.70 Å². The van der Waals surface area contributed by atoms with Gasteiger partial charge in [-0.2, -0.15) is 0 Å². The molecule has 96 valence electrons. The van der Waals surface area contributed by atoms with Crippen LogP contribution in [0.4, 0.5) is 0 Å². The van der Waals surface area contributed by atoms with Gasteiger partial charge in [0.15, 0.2) is 0 Å². The fourth-order valence-electron chi connectivity index (χ4n) is 1.77. The summed E-state index contributed by atoms with van der Waals surface area (Å²) >= 11 is 0. The third kappa shape index (κ3) is 2.80. The lowest BCUT2D eigenvalue weighted by atomic mass is 10.1. The van der Waals surface area contributed by atoms with E-state index in [0.29, 0.717) is 5.56 Å². The van der Waals surface area contributed by atoms with E-state index in [9.17, 15) is 9.59 Å². The zero-order valence-corrected chi connectivity index (χ0v) is 10.4. The summed E-state index contributed by atoms with van der Waals surface area (Å²) in [5.74, 6) is -1.59. The van der Waals surface area contributed by atoms with E-state index in [1.165, 1.54) is 6.08 Å². The Morgan fingerprint density at radius 3 is 2.42 bits per heavy atom. The number of amides is 1. The summed E-state index contributed by atoms with van der Waals surface area (Å²) in [7, 11) is 0. The number of carbonyl (C=O) groups is 2. The molecule has 0 unspecified atom stereocenters. The number of carboxylic acids is 1. The average molecular weight is 255 g/mol. The smallest absolute Gasteiger partial charge is 0.352 e. The Balaban J connectivity index is 2.29. The Kier molecular flexibility index (Phi) is 3.61. The first-order chi connectivity index (χ1) is 9.11. The summed E-state index contributed by atoms with van der Waals surface area (Å²) in [6, 6.07) is 12.9. The molecule has 0 aliphatic heterocycles. The standard InChI is InChI=1S/C15H13NO3/c1-2-13(15(18)19)16-14(17)12-8-7-10-5-3-4-6-11(10)9-12/h2-9H,1H3,(H,16,17)(H,18,19)/b13-2-. The normalized spacial score (nSPS) is 11.3. The van der Waals surface area contributed by atoms with Crippen LogP contribution in [0.5, 0.6) is 0 Å². The molecule has 0 saturated carbocycles. The molecule has 2 N–H and O–H groups in total. The Labute approximate surface area is 110 Å². The van der Waals surface area contributed by atoms with Crippen LogP contribution < -0.4 is 5.32 Å². The van der Waals surface area contributed by atoms with Crippen LogP contribution in [-0.2, 0) is 4.79 Å². The van der Waals surface area contributed by atoms with Crippen molar-refractivity contribution in [3.05, 3.63) is 59.8 Å². The number of aliphatic carboxylic acids is 1. The Hall–Kier alpha value is -2.62. The minimum absolute atomic E-state index is 0.127. The van der Waals surface area contributed by atoms with Crippen LogP contribution in [0.25, 0.3) is 10.8 Å². The van der Waals surface area contributed by atoms with Crippen LogP contribution in [0.2, 0.25) is 0 Å². The van der Waals surface area contributed by atoms with E-state index >= 15 is 0 Å². The summed E-state index contributed by atoms with van der Waals surface area (Å²) in [6.45, 7) is 1.56. The van der Waals surface area contributed by atoms with Crippen LogP contribution in [0, 0.1) is 0 Å². The molecule has 0 bridgehead atoms. The predicted octanol–water partition coefficient (Wildman–Crippen LogP) is 2.56. The van der Waals surface area contributed by atoms with Gasteiger partial charge in [0, 0.05) is 5.56 Å². The molecule has 0 aliphatic rings. The summed E-state index contributed by atoms with van der Waals surface area (Å²) in [5.41, 5.74) is 0.303. The molecule has 0 spiro atoms. The third-order valence-electron chi connectivity index (χ3n) is 2.78. The highest BCUT2D eigenvalue weighted by Gasteiger charge is 2.12. The zero-order valence-electron chi connectivity index (χ0n) is 10.4. The number of fused-ring (bicyclic) bond motifs is 1. The van der Waals surface area contributed by atoms with Crippen LogP contribution >= 0.6 is 0 Å². The van der Waals surface area contributed by atoms with Gasteiger partial charge in [0.25, 0.3) is 5.91 Å². The molecule has 19 heavy (non-hydrogen) atoms. The topological polar surface area (TPSA) is 66.4 Å². The summed E-state index contributed by atoms with van der Waals surface area (Å²) in [5, 5.41) is 13.2. The highest BCUT2D eigenvalue weighted by Crippen LogP contribution is 2.15. The third-order valence-corrected chi connectivity index (χ3v) is 2.78. The van der Waals surface area contributed by atoms with E-state index in [1.807, 2.05) is 30.3 Å². The summed E-state index contributed by atoms with van der Waals surface area (Å²) < 4.78 is 0. The summed E-state index contributed by atoms with van der Waals surface area (Å²) in [4.78, 5) is 22.8. The SMILES string of the molecule is C/C=C(\NC(=O)c1ccc2ccccc2c1)C(=O)O. The maximum Gasteiger partial charge on any atom is 0.352 e. The van der Waals surface area contributed by atoms with Crippen molar-refractivity contribution in [3.63, 3.8) is 0 Å². The second kappa shape index (κ2) is 5.35. The molecule has 2 rings (SSSR count). The zero-order chi connectivity index (χ0) is 13.8. The number of allylic oxidation sites excluding steroid dienone is 1. The molecule has 0 heterocycles. The fourth-order valence-corrected chi connectivity index (χ4v) is 1.77. The number of benzene rings is 2. The molecule has 0 atom stereocenters. The van der Waals surface area contributed by atoms with E-state index in [-0.39, 0.29) is 5.70 Å². The molecule has 4 heteroatoms. The minimum atomic E-state index is -1.16. The van der Waals surface area contributed by atoms with Crippen molar-refractivity contribution >= 4 is 22.6 Å². The van der Waals surface area contributed by atoms with Crippen molar-refractivity contribution in [1.82, 2.24) is 5.32 Å². The lowest BCUT2D eigenvalue weighted by molar-refractivity contribution is -0.133. The maximum atomic E-state index is 11.9. The lowest BCUT2D eigenvalue weighted by Crippen LogP contribution is -2.27. The van der Waals surface area contributed by atoms with E-state index in [4.69, 9.17) is 5.11 Å². The number of carboxylic acid groups (broad SMARTS) is 1. The molecule has 0 radical (unpaired) electrons. The fraction of sp³-hybridized carbons (Fsp3) is 0.0667. The number of rotatable bonds is 3. The molecular weight excluding hydrogens is 242 g/mol. The largest absolute Gasteiger partial charge is 0.477 e. The Bertz CT molecular complexity index is 674. The number of carbonyl (C=O) groups excluding carboxylic acids is 1. The van der Waals surface area contributed by atoms with Gasteiger partial charge in [0.2, 0.25) is 0 Å². The van der Waals surface area contributed by atoms with Gasteiger partial charge < -0.3 is 10.4 Å². The van der Waals surface area contributed by atoms with Crippen LogP contribution in [0.15, 0.2) is 54.2 Å². The molecule has 0 aromatic heterocycles. The van der Waals surface area contributed by atoms with Gasteiger partial charge in [-0.05, 0) is 29.8 Å². The Morgan fingerprint density at radius 2 is 1.79 bits per heavy atom. The molecule has 0 aliphatic carbocycles. The predicted molar refractivity (Wildman–Crippen MR) is 72.8 cm³/mol. The van der Waals surface area contributed by atoms with Crippen molar-refractivity contribution in [3.8, 4) is 0 Å². The van der Waals surface area contributed by atoms with Gasteiger partial charge in [-0.15, -0.1) is 0 Å². The van der Waals surface area contributed by atoms with E-state index in [1.54, 1.807) is 19.1 Å². The second-order valence-corrected chi connectivity index (χ2v) is 4.02. The second-order valence-electron chi connectivity index (χ2n) is 4.02. The van der Waals surface area contributed by atoms with Crippen molar-refractivity contribution in [2.24, 2.45) is 0 Å². The van der Waals surface area contributed by atoms with Crippen LogP contribution in [0.1, 0.15) is 17.3 Å². The van der Waals surface area contributed by atoms with Crippen molar-refractivity contribution in [1.29, 1.82) is 0 Å². The van der Waals surface area contributed by atoms with Gasteiger partial charge in [-0.25, -0.2) is 4.79 Å². The van der Waals surface area contributed by atoms with Crippen molar-refractivity contribution in [2.75, 3.05) is 0 Å². The molecule has 1 amide bonds. The van der Waals surface area contributed by atoms with Gasteiger partial charge >= 0.3 is 5.97 Å². The van der Waals surface area contributed by atoms with Crippen LogP contribution in [0.3, 0.4) is 0 Å². The molecular formula is C15H13NO3. The number of nitrogens with one attached hydrogen (secondary N) is 1. The van der Waals surface area contributed by atoms with Crippen molar-refractivity contribution in [2.45, 2.75) is 6.92 Å².